The summed E-state index contributed by atoms with van der Waals surface area (Å²) < 4.78 is 0. The number of carbonyl (C=O) groups is 3. The second-order valence-corrected chi connectivity index (χ2v) is 15.3. The Morgan fingerprint density at radius 3 is 0.982 bits per heavy atom. The van der Waals surface area contributed by atoms with Crippen LogP contribution in [0.15, 0.2) is 0 Å². The van der Waals surface area contributed by atoms with Gasteiger partial charge < -0.3 is 26.0 Å². The third-order valence-corrected chi connectivity index (χ3v) is 10.4. The molecule has 0 aromatic rings. The molecule has 0 aliphatic carbocycles. The maximum atomic E-state index is 8.36. The Balaban J connectivity index is -0.000000674. The molecule has 0 heterocycles. The lowest BCUT2D eigenvalue weighted by Crippen LogP contribution is -2.28. The molecule has 0 radical (unpaired) electrons. The summed E-state index contributed by atoms with van der Waals surface area (Å²) >= 11 is 0. The summed E-state index contributed by atoms with van der Waals surface area (Å²) in [5, 5.41) is 20.7. The fourth-order valence-corrected chi connectivity index (χ4v) is 7.23. The van der Waals surface area contributed by atoms with Gasteiger partial charge in [0.2, 0.25) is 0 Å². The molecule has 1 unspecified atom stereocenters. The maximum absolute atomic E-state index is 8.36. The van der Waals surface area contributed by atoms with Crippen molar-refractivity contribution in [3.63, 3.8) is 0 Å². The molecule has 334 valence electrons. The normalized spacial score (nSPS) is 10.9. The lowest BCUT2D eigenvalue weighted by atomic mass is 9.89. The van der Waals surface area contributed by atoms with E-state index >= 15 is 0 Å². The molecule has 0 amide bonds. The number of rotatable bonds is 38. The lowest BCUT2D eigenvalue weighted by Gasteiger charge is -2.22. The molecular formula is C47H100N2O6. The van der Waals surface area contributed by atoms with Gasteiger partial charge in [-0.05, 0) is 57.3 Å². The molecule has 0 spiro atoms. The third kappa shape index (κ3) is 67.5. The van der Waals surface area contributed by atoms with E-state index in [-0.39, 0.29) is 19.4 Å². The van der Waals surface area contributed by atoms with Crippen LogP contribution in [0.4, 0.5) is 0 Å². The molecule has 8 nitrogen and oxygen atoms in total. The Morgan fingerprint density at radius 1 is 0.418 bits per heavy atom. The van der Waals surface area contributed by atoms with E-state index in [2.05, 4.69) is 32.6 Å². The van der Waals surface area contributed by atoms with Crippen molar-refractivity contribution in [3.05, 3.63) is 0 Å². The van der Waals surface area contributed by atoms with Crippen LogP contribution < -0.4 is 5.73 Å². The van der Waals surface area contributed by atoms with Crippen LogP contribution in [0.2, 0.25) is 0 Å². The molecule has 8 heteroatoms. The Bertz CT molecular complexity index is 625. The van der Waals surface area contributed by atoms with Gasteiger partial charge in [-0.2, -0.15) is 0 Å². The molecule has 0 saturated heterocycles. The van der Waals surface area contributed by atoms with Crippen LogP contribution in [0.25, 0.3) is 0 Å². The van der Waals surface area contributed by atoms with Crippen molar-refractivity contribution in [2.45, 2.75) is 247 Å². The van der Waals surface area contributed by atoms with E-state index in [4.69, 9.17) is 35.4 Å². The first-order valence-corrected chi connectivity index (χ1v) is 23.6. The lowest BCUT2D eigenvalue weighted by molar-refractivity contribution is -0.123. The molecule has 0 aliphatic rings. The van der Waals surface area contributed by atoms with Gasteiger partial charge in [0.15, 0.2) is 0 Å². The van der Waals surface area contributed by atoms with Crippen LogP contribution in [0.3, 0.4) is 0 Å². The van der Waals surface area contributed by atoms with Gasteiger partial charge in [-0.15, -0.1) is 0 Å². The minimum Gasteiger partial charge on any atom is -0.483 e. The first-order chi connectivity index (χ1) is 26.9. The van der Waals surface area contributed by atoms with E-state index in [0.717, 1.165) is 24.8 Å². The van der Waals surface area contributed by atoms with Gasteiger partial charge in [0.25, 0.3) is 19.4 Å². The van der Waals surface area contributed by atoms with E-state index in [1.165, 1.54) is 219 Å². The fraction of sp³-hybridized carbons (Fsp3) is 0.936. The summed E-state index contributed by atoms with van der Waals surface area (Å²) in [7, 11) is 0. The Morgan fingerprint density at radius 2 is 0.655 bits per heavy atom. The zero-order valence-corrected chi connectivity index (χ0v) is 37.9. The maximum Gasteiger partial charge on any atom is 0.290 e. The highest BCUT2D eigenvalue weighted by Gasteiger charge is 2.09. The van der Waals surface area contributed by atoms with Crippen molar-refractivity contribution >= 4 is 19.4 Å². The van der Waals surface area contributed by atoms with Gasteiger partial charge >= 0.3 is 0 Å². The highest BCUT2D eigenvalue weighted by molar-refractivity contribution is 5.33. The summed E-state index contributed by atoms with van der Waals surface area (Å²) in [5.41, 5.74) is 5.88. The number of carboxylic acid groups (broad SMARTS) is 3. The highest BCUT2D eigenvalue weighted by Crippen LogP contribution is 2.25. The smallest absolute Gasteiger partial charge is 0.290 e. The molecular weight excluding hydrogens is 689 g/mol. The summed E-state index contributed by atoms with van der Waals surface area (Å²) in [6, 6.07) is 0. The summed E-state index contributed by atoms with van der Waals surface area (Å²) in [6.07, 6.45) is 46.0. The molecule has 0 bridgehead atoms. The number of nitrogens with two attached hydrogens (primary N) is 1. The quantitative estimate of drug-likeness (QED) is 0.0358. The predicted octanol–water partition coefficient (Wildman–Crippen LogP) is 14.2. The van der Waals surface area contributed by atoms with Gasteiger partial charge in [0, 0.05) is 0 Å². The van der Waals surface area contributed by atoms with Crippen LogP contribution in [0.5, 0.6) is 0 Å². The Kier molecular flexibility index (Phi) is 73.0. The van der Waals surface area contributed by atoms with Gasteiger partial charge in [-0.1, -0.05) is 228 Å². The largest absolute Gasteiger partial charge is 0.483 e. The first kappa shape index (κ1) is 62.5. The van der Waals surface area contributed by atoms with Crippen molar-refractivity contribution in [2.24, 2.45) is 17.6 Å². The number of unbranched alkanes of at least 4 members (excludes halogenated alkanes) is 21. The average molecular weight is 789 g/mol. The van der Waals surface area contributed by atoms with E-state index < -0.39 is 0 Å². The molecule has 55 heavy (non-hydrogen) atoms. The Hall–Kier alpha value is -1.67. The second-order valence-electron chi connectivity index (χ2n) is 15.3. The zero-order chi connectivity index (χ0) is 42.3. The predicted molar refractivity (Wildman–Crippen MR) is 240 cm³/mol. The number of nitrogens with zero attached hydrogens (tertiary/aromatic N) is 1. The second kappa shape index (κ2) is 64.2. The SMILES string of the molecule is CC.CCCCCCCCC(CCCCCCCC)CCCCCCCN(CCCN)CCCCCCCCC(C)CCCCC.O=CO.O=CO.O=CO. The highest BCUT2D eigenvalue weighted by atomic mass is 16.4. The molecule has 0 aliphatic heterocycles. The molecule has 5 N–H and O–H groups in total. The average Bonchev–Trinajstić information content (AvgIpc) is 3.18. The van der Waals surface area contributed by atoms with Gasteiger partial charge in [-0.25, -0.2) is 0 Å². The fourth-order valence-electron chi connectivity index (χ4n) is 7.23. The van der Waals surface area contributed by atoms with E-state index in [1.54, 1.807) is 0 Å². The molecule has 0 saturated carbocycles. The van der Waals surface area contributed by atoms with Gasteiger partial charge in [-0.3, -0.25) is 14.4 Å². The van der Waals surface area contributed by atoms with Crippen LogP contribution in [0.1, 0.15) is 247 Å². The van der Waals surface area contributed by atoms with Crippen LogP contribution in [-0.4, -0.2) is 65.8 Å². The van der Waals surface area contributed by atoms with E-state index in [9.17, 15) is 0 Å². The van der Waals surface area contributed by atoms with Gasteiger partial charge in [0.1, 0.15) is 0 Å². The molecule has 0 aromatic heterocycles. The van der Waals surface area contributed by atoms with Crippen LogP contribution in [0, 0.1) is 11.8 Å². The minimum absolute atomic E-state index is 0.250. The van der Waals surface area contributed by atoms with Crippen LogP contribution in [-0.2, 0) is 14.4 Å². The summed E-state index contributed by atoms with van der Waals surface area (Å²) in [6.45, 7) is 17.3. The third-order valence-electron chi connectivity index (χ3n) is 10.4. The van der Waals surface area contributed by atoms with Crippen molar-refractivity contribution in [1.29, 1.82) is 0 Å². The monoisotopic (exact) mass is 789 g/mol. The van der Waals surface area contributed by atoms with Crippen molar-refractivity contribution in [3.8, 4) is 0 Å². The van der Waals surface area contributed by atoms with Crippen molar-refractivity contribution < 1.29 is 29.7 Å². The molecule has 0 fully saturated rings. The zero-order valence-electron chi connectivity index (χ0n) is 37.9. The molecule has 1 atom stereocenters. The number of hydrogen-bond donors (Lipinski definition) is 4. The number of hydrogen-bond acceptors (Lipinski definition) is 5. The summed E-state index contributed by atoms with van der Waals surface area (Å²) in [5.74, 6) is 1.96. The first-order valence-electron chi connectivity index (χ1n) is 23.6. The topological polar surface area (TPSA) is 141 Å². The minimum atomic E-state index is -0.250. The summed E-state index contributed by atoms with van der Waals surface area (Å²) in [4.78, 5) is 27.8. The Labute approximate surface area is 344 Å². The van der Waals surface area contributed by atoms with E-state index in [1.807, 2.05) is 13.8 Å². The van der Waals surface area contributed by atoms with Gasteiger partial charge in [0.05, 0.1) is 0 Å². The van der Waals surface area contributed by atoms with Crippen molar-refractivity contribution in [1.82, 2.24) is 4.90 Å². The molecule has 0 aromatic carbocycles. The van der Waals surface area contributed by atoms with Crippen molar-refractivity contribution in [2.75, 3.05) is 26.2 Å². The van der Waals surface area contributed by atoms with E-state index in [0.29, 0.717) is 0 Å². The molecule has 0 rings (SSSR count). The standard InChI is InChI=1S/C42H88N2.C2H6.3CH2O2/c1-5-8-11-13-19-26-34-42(35-27-20-14-12-9-6-2)36-28-21-17-23-30-39-44(40-31-37-43)38-29-22-16-15-18-25-33-41(4)32-24-10-7-3;1-2;3*2-1-3/h41-42H,5-40,43H2,1-4H3;1-2H3;3*1H,(H,2,3). The van der Waals surface area contributed by atoms with Crippen LogP contribution >= 0.6 is 0 Å².